The van der Waals surface area contributed by atoms with Crippen molar-refractivity contribution in [2.45, 2.75) is 45.6 Å². The maximum absolute atomic E-state index is 13.0. The van der Waals surface area contributed by atoms with Gasteiger partial charge in [-0.1, -0.05) is 25.0 Å². The normalized spacial score (nSPS) is 14.2. The van der Waals surface area contributed by atoms with Crippen molar-refractivity contribution < 1.29 is 9.59 Å². The van der Waals surface area contributed by atoms with Gasteiger partial charge >= 0.3 is 0 Å². The number of nitrogens with one attached hydrogen (secondary N) is 1. The second kappa shape index (κ2) is 8.13. The van der Waals surface area contributed by atoms with Crippen molar-refractivity contribution in [1.29, 1.82) is 0 Å². The lowest BCUT2D eigenvalue weighted by atomic mass is 10.1. The Morgan fingerprint density at radius 2 is 1.88 bits per heavy atom. The zero-order valence-corrected chi connectivity index (χ0v) is 15.4. The topological polar surface area (TPSA) is 62.3 Å². The van der Waals surface area contributed by atoms with Crippen LogP contribution in [0, 0.1) is 6.92 Å². The Kier molecular flexibility index (Phi) is 5.66. The highest BCUT2D eigenvalue weighted by Crippen LogP contribution is 2.20. The molecule has 1 heterocycles. The Balaban J connectivity index is 1.79. The number of hydrogen-bond acceptors (Lipinski definition) is 3. The Morgan fingerprint density at radius 3 is 2.58 bits per heavy atom. The van der Waals surface area contributed by atoms with Gasteiger partial charge in [0, 0.05) is 30.7 Å². The summed E-state index contributed by atoms with van der Waals surface area (Å²) in [6.07, 6.45) is 7.40. The van der Waals surface area contributed by atoms with Crippen LogP contribution in [0.1, 0.15) is 58.9 Å². The molecule has 26 heavy (non-hydrogen) atoms. The molecule has 1 fully saturated rings. The molecule has 0 spiro atoms. The average molecular weight is 351 g/mol. The van der Waals surface area contributed by atoms with Gasteiger partial charge in [0.1, 0.15) is 0 Å². The van der Waals surface area contributed by atoms with Crippen molar-refractivity contribution in [3.63, 3.8) is 0 Å². The largest absolute Gasteiger partial charge is 0.349 e. The molecular weight excluding hydrogens is 326 g/mol. The van der Waals surface area contributed by atoms with E-state index in [9.17, 15) is 9.59 Å². The van der Waals surface area contributed by atoms with Gasteiger partial charge in [-0.25, -0.2) is 0 Å². The lowest BCUT2D eigenvalue weighted by molar-refractivity contribution is 0.0937. The Hall–Kier alpha value is -2.69. The third kappa shape index (κ3) is 4.10. The SMILES string of the molecule is CCN(C(=O)c1cncc(C(=O)NC2CCCC2)c1)c1cccc(C)c1. The van der Waals surface area contributed by atoms with Crippen LogP contribution in [0.15, 0.2) is 42.7 Å². The summed E-state index contributed by atoms with van der Waals surface area (Å²) in [6.45, 7) is 4.47. The molecule has 3 rings (SSSR count). The van der Waals surface area contributed by atoms with Crippen molar-refractivity contribution >= 4 is 17.5 Å². The minimum atomic E-state index is -0.155. The Morgan fingerprint density at radius 1 is 1.15 bits per heavy atom. The van der Waals surface area contributed by atoms with E-state index in [-0.39, 0.29) is 17.9 Å². The summed E-state index contributed by atoms with van der Waals surface area (Å²) < 4.78 is 0. The quantitative estimate of drug-likeness (QED) is 0.893. The van der Waals surface area contributed by atoms with E-state index in [1.807, 2.05) is 38.1 Å². The maximum atomic E-state index is 13.0. The van der Waals surface area contributed by atoms with Crippen LogP contribution in [-0.2, 0) is 0 Å². The van der Waals surface area contributed by atoms with Crippen LogP contribution < -0.4 is 10.2 Å². The van der Waals surface area contributed by atoms with Crippen LogP contribution >= 0.6 is 0 Å². The Labute approximate surface area is 154 Å². The summed E-state index contributed by atoms with van der Waals surface area (Å²) >= 11 is 0. The highest BCUT2D eigenvalue weighted by molar-refractivity contribution is 6.07. The van der Waals surface area contributed by atoms with Crippen LogP contribution in [0.2, 0.25) is 0 Å². The summed E-state index contributed by atoms with van der Waals surface area (Å²) in [5.41, 5.74) is 2.80. The number of aryl methyl sites for hydroxylation is 1. The maximum Gasteiger partial charge on any atom is 0.259 e. The van der Waals surface area contributed by atoms with E-state index in [1.54, 1.807) is 11.0 Å². The van der Waals surface area contributed by atoms with Crippen molar-refractivity contribution in [3.8, 4) is 0 Å². The van der Waals surface area contributed by atoms with E-state index in [0.29, 0.717) is 17.7 Å². The number of carbonyl (C=O) groups excluding carboxylic acids is 2. The lowest BCUT2D eigenvalue weighted by Crippen LogP contribution is -2.33. The number of hydrogen-bond donors (Lipinski definition) is 1. The highest BCUT2D eigenvalue weighted by Gasteiger charge is 2.21. The van der Waals surface area contributed by atoms with E-state index in [2.05, 4.69) is 10.3 Å². The minimum Gasteiger partial charge on any atom is -0.349 e. The zero-order valence-electron chi connectivity index (χ0n) is 15.4. The fourth-order valence-electron chi connectivity index (χ4n) is 3.42. The molecular formula is C21H25N3O2. The first-order chi connectivity index (χ1) is 12.6. The van der Waals surface area contributed by atoms with Gasteiger partial charge in [0.25, 0.3) is 11.8 Å². The second-order valence-electron chi connectivity index (χ2n) is 6.81. The van der Waals surface area contributed by atoms with Crippen LogP contribution in [0.3, 0.4) is 0 Å². The van der Waals surface area contributed by atoms with Gasteiger partial charge in [-0.3, -0.25) is 14.6 Å². The predicted molar refractivity (Wildman–Crippen MR) is 102 cm³/mol. The van der Waals surface area contributed by atoms with Gasteiger partial charge in [0.2, 0.25) is 0 Å². The molecule has 2 aromatic rings. The van der Waals surface area contributed by atoms with Crippen LogP contribution in [0.4, 0.5) is 5.69 Å². The fourth-order valence-corrected chi connectivity index (χ4v) is 3.42. The molecule has 0 atom stereocenters. The predicted octanol–water partition coefficient (Wildman–Crippen LogP) is 3.73. The van der Waals surface area contributed by atoms with Gasteiger partial charge in [0.15, 0.2) is 0 Å². The Bertz CT molecular complexity index is 797. The zero-order chi connectivity index (χ0) is 18.5. The number of aromatic nitrogens is 1. The smallest absolute Gasteiger partial charge is 0.259 e. The number of rotatable bonds is 5. The number of benzene rings is 1. The van der Waals surface area contributed by atoms with Crippen molar-refractivity contribution in [2.24, 2.45) is 0 Å². The van der Waals surface area contributed by atoms with Gasteiger partial charge in [-0.15, -0.1) is 0 Å². The highest BCUT2D eigenvalue weighted by atomic mass is 16.2. The molecule has 1 aliphatic carbocycles. The first-order valence-electron chi connectivity index (χ1n) is 9.23. The standard InChI is InChI=1S/C21H25N3O2/c1-3-24(19-10-6-7-15(2)11-19)21(26)17-12-16(13-22-14-17)20(25)23-18-8-4-5-9-18/h6-7,10-14,18H,3-5,8-9H2,1-2H3,(H,23,25). The molecule has 0 bridgehead atoms. The van der Waals surface area contributed by atoms with Crippen LogP contribution in [0.5, 0.6) is 0 Å². The van der Waals surface area contributed by atoms with Gasteiger partial charge < -0.3 is 10.2 Å². The second-order valence-corrected chi connectivity index (χ2v) is 6.81. The van der Waals surface area contributed by atoms with Gasteiger partial charge in [-0.05, 0) is 50.5 Å². The fraction of sp³-hybridized carbons (Fsp3) is 0.381. The summed E-state index contributed by atoms with van der Waals surface area (Å²) in [6, 6.07) is 9.70. The van der Waals surface area contributed by atoms with Crippen LogP contribution in [0.25, 0.3) is 0 Å². The molecule has 0 saturated heterocycles. The third-order valence-electron chi connectivity index (χ3n) is 4.81. The molecule has 1 saturated carbocycles. The molecule has 136 valence electrons. The van der Waals surface area contributed by atoms with E-state index in [4.69, 9.17) is 0 Å². The number of nitrogens with zero attached hydrogens (tertiary/aromatic N) is 2. The molecule has 1 aromatic carbocycles. The number of carbonyl (C=O) groups is 2. The van der Waals surface area contributed by atoms with E-state index >= 15 is 0 Å². The molecule has 5 heteroatoms. The number of amides is 2. The minimum absolute atomic E-state index is 0.152. The molecule has 0 unspecified atom stereocenters. The first-order valence-corrected chi connectivity index (χ1v) is 9.23. The summed E-state index contributed by atoms with van der Waals surface area (Å²) in [7, 11) is 0. The monoisotopic (exact) mass is 351 g/mol. The van der Waals surface area contributed by atoms with Crippen LogP contribution in [-0.4, -0.2) is 29.4 Å². The number of anilines is 1. The van der Waals surface area contributed by atoms with Crippen molar-refractivity contribution in [1.82, 2.24) is 10.3 Å². The summed E-state index contributed by atoms with van der Waals surface area (Å²) in [4.78, 5) is 31.2. The summed E-state index contributed by atoms with van der Waals surface area (Å²) in [5, 5.41) is 3.04. The molecule has 5 nitrogen and oxygen atoms in total. The summed E-state index contributed by atoms with van der Waals surface area (Å²) in [5.74, 6) is -0.307. The average Bonchev–Trinajstić information content (AvgIpc) is 3.15. The van der Waals surface area contributed by atoms with Gasteiger partial charge in [0.05, 0.1) is 11.1 Å². The molecule has 2 amide bonds. The molecule has 0 radical (unpaired) electrons. The van der Waals surface area contributed by atoms with Crippen molar-refractivity contribution in [3.05, 3.63) is 59.4 Å². The van der Waals surface area contributed by atoms with Crippen molar-refractivity contribution in [2.75, 3.05) is 11.4 Å². The molecule has 1 N–H and O–H groups in total. The van der Waals surface area contributed by atoms with E-state index in [1.165, 1.54) is 12.4 Å². The lowest BCUT2D eigenvalue weighted by Gasteiger charge is -2.21. The van der Waals surface area contributed by atoms with E-state index < -0.39 is 0 Å². The first kappa shape index (κ1) is 18.1. The third-order valence-corrected chi connectivity index (χ3v) is 4.81. The molecule has 1 aliphatic rings. The molecule has 1 aromatic heterocycles. The van der Waals surface area contributed by atoms with E-state index in [0.717, 1.165) is 36.9 Å². The molecule has 0 aliphatic heterocycles. The van der Waals surface area contributed by atoms with Gasteiger partial charge in [-0.2, -0.15) is 0 Å². The number of pyridine rings is 1.